The van der Waals surface area contributed by atoms with Gasteiger partial charge in [0.2, 0.25) is 5.91 Å². The van der Waals surface area contributed by atoms with E-state index in [1.165, 1.54) is 0 Å². The summed E-state index contributed by atoms with van der Waals surface area (Å²) < 4.78 is 0. The van der Waals surface area contributed by atoms with Crippen LogP contribution < -0.4 is 11.1 Å². The molecule has 1 atom stereocenters. The number of aliphatic carboxylic acids is 1. The van der Waals surface area contributed by atoms with Gasteiger partial charge in [0.15, 0.2) is 0 Å². The zero-order valence-electron chi connectivity index (χ0n) is 15.0. The van der Waals surface area contributed by atoms with Crippen molar-refractivity contribution in [2.45, 2.75) is 72.9 Å². The predicted octanol–water partition coefficient (Wildman–Crippen LogP) is 2.70. The van der Waals surface area contributed by atoms with E-state index in [0.29, 0.717) is 5.57 Å². The van der Waals surface area contributed by atoms with Crippen LogP contribution in [0.25, 0.3) is 0 Å². The van der Waals surface area contributed by atoms with E-state index in [1.807, 2.05) is 13.8 Å². The fourth-order valence-electron chi connectivity index (χ4n) is 2.79. The van der Waals surface area contributed by atoms with E-state index in [0.717, 1.165) is 6.42 Å². The van der Waals surface area contributed by atoms with Gasteiger partial charge in [-0.1, -0.05) is 27.4 Å². The first-order chi connectivity index (χ1) is 9.58. The zero-order valence-corrected chi connectivity index (χ0v) is 15.0. The Morgan fingerprint density at radius 3 is 1.95 bits per heavy atom. The first kappa shape index (κ1) is 20.6. The lowest BCUT2D eigenvalue weighted by molar-refractivity contribution is -0.137. The van der Waals surface area contributed by atoms with Crippen molar-refractivity contribution in [1.82, 2.24) is 5.32 Å². The van der Waals surface area contributed by atoms with Crippen molar-refractivity contribution in [2.75, 3.05) is 0 Å². The fraction of sp³-hybridized carbons (Fsp3) is 0.765. The predicted molar refractivity (Wildman–Crippen MR) is 89.4 cm³/mol. The standard InChI is InChI=1S/C17H32N2O3/c1-11(9-12(20)21)13(18)17(7,8)14(22)19-16(5,6)10-15(2,3)4/h13H,1,9-10,18H2,2-8H3,(H,19,22)(H,20,21)/t13-/m0/s1. The lowest BCUT2D eigenvalue weighted by Gasteiger charge is -2.38. The summed E-state index contributed by atoms with van der Waals surface area (Å²) in [6, 6.07) is -0.714. The summed E-state index contributed by atoms with van der Waals surface area (Å²) in [5.74, 6) is -1.19. The van der Waals surface area contributed by atoms with E-state index in [1.54, 1.807) is 13.8 Å². The molecule has 0 rings (SSSR count). The molecule has 0 aromatic carbocycles. The van der Waals surface area contributed by atoms with Gasteiger partial charge in [-0.2, -0.15) is 0 Å². The molecule has 0 fully saturated rings. The van der Waals surface area contributed by atoms with Gasteiger partial charge in [-0.3, -0.25) is 9.59 Å². The first-order valence-electron chi connectivity index (χ1n) is 7.56. The van der Waals surface area contributed by atoms with Crippen LogP contribution in [0.2, 0.25) is 0 Å². The van der Waals surface area contributed by atoms with Gasteiger partial charge in [0.05, 0.1) is 11.8 Å². The van der Waals surface area contributed by atoms with E-state index in [4.69, 9.17) is 10.8 Å². The van der Waals surface area contributed by atoms with Gasteiger partial charge in [-0.25, -0.2) is 0 Å². The molecule has 1 amide bonds. The minimum atomic E-state index is -0.996. The summed E-state index contributed by atoms with van der Waals surface area (Å²) in [6.45, 7) is 17.4. The molecule has 0 aromatic heterocycles. The average molecular weight is 312 g/mol. The zero-order chi connectivity index (χ0) is 17.9. The number of carbonyl (C=O) groups excluding carboxylic acids is 1. The van der Waals surface area contributed by atoms with Gasteiger partial charge >= 0.3 is 5.97 Å². The molecule has 22 heavy (non-hydrogen) atoms. The van der Waals surface area contributed by atoms with Crippen LogP contribution in [0.3, 0.4) is 0 Å². The number of hydrogen-bond acceptors (Lipinski definition) is 3. The molecule has 5 nitrogen and oxygen atoms in total. The third-order valence-electron chi connectivity index (χ3n) is 3.61. The van der Waals surface area contributed by atoms with E-state index in [2.05, 4.69) is 32.7 Å². The highest BCUT2D eigenvalue weighted by Gasteiger charge is 2.39. The topological polar surface area (TPSA) is 92.4 Å². The third kappa shape index (κ3) is 6.60. The lowest BCUT2D eigenvalue weighted by Crippen LogP contribution is -2.55. The number of nitrogens with two attached hydrogens (primary N) is 1. The summed E-state index contributed by atoms with van der Waals surface area (Å²) in [4.78, 5) is 23.4. The maximum absolute atomic E-state index is 12.6. The molecule has 0 unspecified atom stereocenters. The van der Waals surface area contributed by atoms with Gasteiger partial charge in [-0.15, -0.1) is 0 Å². The molecule has 0 spiro atoms. The van der Waals surface area contributed by atoms with Crippen molar-refractivity contribution in [3.05, 3.63) is 12.2 Å². The van der Waals surface area contributed by atoms with Gasteiger partial charge in [0, 0.05) is 11.6 Å². The second-order valence-electron chi connectivity index (χ2n) is 8.50. The lowest BCUT2D eigenvalue weighted by atomic mass is 9.77. The Hall–Kier alpha value is -1.36. The molecule has 0 heterocycles. The van der Waals surface area contributed by atoms with Crippen LogP contribution in [0.15, 0.2) is 12.2 Å². The van der Waals surface area contributed by atoms with E-state index in [9.17, 15) is 9.59 Å². The molecular formula is C17H32N2O3. The molecule has 128 valence electrons. The molecule has 0 aromatic rings. The maximum atomic E-state index is 12.6. The summed E-state index contributed by atoms with van der Waals surface area (Å²) in [5, 5.41) is 11.9. The van der Waals surface area contributed by atoms with Crippen LogP contribution in [0.4, 0.5) is 0 Å². The summed E-state index contributed by atoms with van der Waals surface area (Å²) in [5.41, 5.74) is 5.19. The Morgan fingerprint density at radius 2 is 1.59 bits per heavy atom. The first-order valence-corrected chi connectivity index (χ1v) is 7.56. The number of carboxylic acids is 1. The molecule has 5 heteroatoms. The smallest absolute Gasteiger partial charge is 0.307 e. The summed E-state index contributed by atoms with van der Waals surface area (Å²) in [6.07, 6.45) is 0.580. The number of hydrogen-bond donors (Lipinski definition) is 3. The van der Waals surface area contributed by atoms with E-state index < -0.39 is 17.4 Å². The maximum Gasteiger partial charge on any atom is 0.307 e. The SMILES string of the molecule is C=C(CC(=O)O)[C@H](N)C(C)(C)C(=O)NC(C)(C)CC(C)(C)C. The van der Waals surface area contributed by atoms with Crippen LogP contribution in [-0.4, -0.2) is 28.6 Å². The van der Waals surface area contributed by atoms with Gasteiger partial charge < -0.3 is 16.2 Å². The second kappa shape index (κ2) is 6.82. The second-order valence-corrected chi connectivity index (χ2v) is 8.50. The largest absolute Gasteiger partial charge is 0.481 e. The highest BCUT2D eigenvalue weighted by atomic mass is 16.4. The molecule has 0 aliphatic carbocycles. The summed E-state index contributed by atoms with van der Waals surface area (Å²) >= 11 is 0. The molecule has 0 saturated heterocycles. The monoisotopic (exact) mass is 312 g/mol. The highest BCUT2D eigenvalue weighted by Crippen LogP contribution is 2.30. The quantitative estimate of drug-likeness (QED) is 0.630. The number of rotatable bonds is 7. The van der Waals surface area contributed by atoms with Crippen LogP contribution >= 0.6 is 0 Å². The third-order valence-corrected chi connectivity index (χ3v) is 3.61. The minimum absolute atomic E-state index is 0.0793. The van der Waals surface area contributed by atoms with Crippen molar-refractivity contribution in [2.24, 2.45) is 16.6 Å². The normalized spacial score (nSPS) is 14.4. The summed E-state index contributed by atoms with van der Waals surface area (Å²) in [7, 11) is 0. The van der Waals surface area contributed by atoms with Gasteiger partial charge in [0.1, 0.15) is 0 Å². The Morgan fingerprint density at radius 1 is 1.14 bits per heavy atom. The number of nitrogens with one attached hydrogen (secondary N) is 1. The Balaban J connectivity index is 5.02. The minimum Gasteiger partial charge on any atom is -0.481 e. The van der Waals surface area contributed by atoms with Crippen molar-refractivity contribution < 1.29 is 14.7 Å². The molecule has 0 aliphatic heterocycles. The van der Waals surface area contributed by atoms with Gasteiger partial charge in [0.25, 0.3) is 0 Å². The Labute approximate surface area is 134 Å². The van der Waals surface area contributed by atoms with Crippen molar-refractivity contribution in [3.63, 3.8) is 0 Å². The van der Waals surface area contributed by atoms with E-state index >= 15 is 0 Å². The van der Waals surface area contributed by atoms with Crippen LogP contribution in [0.1, 0.15) is 61.3 Å². The average Bonchev–Trinajstić information content (AvgIpc) is 2.22. The van der Waals surface area contributed by atoms with Crippen LogP contribution in [0.5, 0.6) is 0 Å². The molecule has 4 N–H and O–H groups in total. The van der Waals surface area contributed by atoms with Crippen molar-refractivity contribution in [1.29, 1.82) is 0 Å². The Bertz CT molecular complexity index is 445. The molecule has 0 aliphatic rings. The Kier molecular flexibility index (Phi) is 6.40. The van der Waals surface area contributed by atoms with Crippen LogP contribution in [-0.2, 0) is 9.59 Å². The van der Waals surface area contributed by atoms with Crippen LogP contribution in [0, 0.1) is 10.8 Å². The number of carbonyl (C=O) groups is 2. The highest BCUT2D eigenvalue weighted by molar-refractivity contribution is 5.84. The molecule has 0 saturated carbocycles. The van der Waals surface area contributed by atoms with Gasteiger partial charge in [-0.05, 0) is 45.1 Å². The number of amides is 1. The molecule has 0 radical (unpaired) electrons. The molecule has 0 bridgehead atoms. The van der Waals surface area contributed by atoms with Crippen molar-refractivity contribution in [3.8, 4) is 0 Å². The van der Waals surface area contributed by atoms with E-state index in [-0.39, 0.29) is 23.3 Å². The fourth-order valence-corrected chi connectivity index (χ4v) is 2.79. The number of carboxylic acid groups (broad SMARTS) is 1. The molecular weight excluding hydrogens is 280 g/mol. The van der Waals surface area contributed by atoms with Crippen molar-refractivity contribution >= 4 is 11.9 Å².